The van der Waals surface area contributed by atoms with Gasteiger partial charge in [-0.1, -0.05) is 37.3 Å². The van der Waals surface area contributed by atoms with E-state index in [0.717, 1.165) is 0 Å². The van der Waals surface area contributed by atoms with Crippen LogP contribution in [0.1, 0.15) is 51.2 Å². The Bertz CT molecular complexity index is 815. The first-order chi connectivity index (χ1) is 15.1. The predicted octanol–water partition coefficient (Wildman–Crippen LogP) is -0.0562. The molecule has 0 aliphatic rings. The van der Waals surface area contributed by atoms with Crippen LogP contribution in [0.4, 0.5) is 0 Å². The second-order valence-corrected chi connectivity index (χ2v) is 7.21. The molecule has 3 amide bonds. The van der Waals surface area contributed by atoms with Crippen molar-refractivity contribution >= 4 is 29.7 Å². The van der Waals surface area contributed by atoms with Crippen molar-refractivity contribution in [2.24, 2.45) is 0 Å². The van der Waals surface area contributed by atoms with E-state index >= 15 is 0 Å². The van der Waals surface area contributed by atoms with Gasteiger partial charge in [0.1, 0.15) is 24.2 Å². The minimum Gasteiger partial charge on any atom is -0.481 e. The lowest BCUT2D eigenvalue weighted by molar-refractivity contribution is -0.142. The van der Waals surface area contributed by atoms with Crippen LogP contribution in [0.3, 0.4) is 0 Å². The van der Waals surface area contributed by atoms with Gasteiger partial charge < -0.3 is 31.3 Å². The molecule has 1 rings (SSSR count). The van der Waals surface area contributed by atoms with E-state index in [1.54, 1.807) is 37.3 Å². The second kappa shape index (κ2) is 13.1. The molecule has 0 bridgehead atoms. The largest absolute Gasteiger partial charge is 0.481 e. The normalized spacial score (nSPS) is 14.3. The number of hydrogen-bond acceptors (Lipinski definition) is 6. The van der Waals surface area contributed by atoms with Gasteiger partial charge in [-0.15, -0.1) is 0 Å². The van der Waals surface area contributed by atoms with E-state index < -0.39 is 60.3 Å². The minimum absolute atomic E-state index is 0.102. The van der Waals surface area contributed by atoms with Crippen molar-refractivity contribution in [3.8, 4) is 0 Å². The first-order valence-corrected chi connectivity index (χ1v) is 10.1. The Hall–Kier alpha value is -3.47. The van der Waals surface area contributed by atoms with E-state index in [1.165, 1.54) is 6.92 Å². The molecule has 6 N–H and O–H groups in total. The Morgan fingerprint density at radius 3 is 2.06 bits per heavy atom. The van der Waals surface area contributed by atoms with Gasteiger partial charge in [0.25, 0.3) is 0 Å². The quantitative estimate of drug-likeness (QED) is 0.241. The summed E-state index contributed by atoms with van der Waals surface area (Å²) >= 11 is 0. The topological polar surface area (TPSA) is 182 Å². The summed E-state index contributed by atoms with van der Waals surface area (Å²) in [6, 6.07) is 3.95. The van der Waals surface area contributed by atoms with Gasteiger partial charge in [0.15, 0.2) is 0 Å². The number of rotatable bonds is 13. The number of aliphatic hydroxyl groups excluding tert-OH is 1. The zero-order chi connectivity index (χ0) is 24.3. The van der Waals surface area contributed by atoms with Gasteiger partial charge in [-0.3, -0.25) is 24.0 Å². The third-order valence-electron chi connectivity index (χ3n) is 4.54. The number of amides is 3. The second-order valence-electron chi connectivity index (χ2n) is 7.21. The molecule has 0 aromatic heterocycles. The van der Waals surface area contributed by atoms with Gasteiger partial charge in [0.2, 0.25) is 17.7 Å². The molecule has 0 saturated heterocycles. The first-order valence-electron chi connectivity index (χ1n) is 10.1. The molecule has 176 valence electrons. The van der Waals surface area contributed by atoms with Crippen molar-refractivity contribution in [2.75, 3.05) is 0 Å². The highest BCUT2D eigenvalue weighted by Crippen LogP contribution is 2.17. The maximum absolute atomic E-state index is 12.9. The summed E-state index contributed by atoms with van der Waals surface area (Å²) in [5, 5.41) is 35.6. The molecular formula is C21H29N3O8. The number of carboxylic acid groups (broad SMARTS) is 2. The van der Waals surface area contributed by atoms with Crippen molar-refractivity contribution in [3.05, 3.63) is 35.9 Å². The van der Waals surface area contributed by atoms with Crippen LogP contribution in [-0.4, -0.2) is 63.1 Å². The zero-order valence-electron chi connectivity index (χ0n) is 17.9. The molecule has 32 heavy (non-hydrogen) atoms. The van der Waals surface area contributed by atoms with Gasteiger partial charge in [-0.05, 0) is 25.3 Å². The summed E-state index contributed by atoms with van der Waals surface area (Å²) in [5.41, 5.74) is 0.343. The lowest BCUT2D eigenvalue weighted by atomic mass is 10.00. The Morgan fingerprint density at radius 2 is 1.53 bits per heavy atom. The van der Waals surface area contributed by atoms with Crippen LogP contribution in [0.2, 0.25) is 0 Å². The molecule has 0 fully saturated rings. The number of aliphatic hydroxyl groups is 1. The van der Waals surface area contributed by atoms with E-state index in [0.29, 0.717) is 12.0 Å². The first kappa shape index (κ1) is 26.6. The molecular weight excluding hydrogens is 422 g/mol. The van der Waals surface area contributed by atoms with Crippen LogP contribution >= 0.6 is 0 Å². The fourth-order valence-electron chi connectivity index (χ4n) is 2.78. The van der Waals surface area contributed by atoms with Gasteiger partial charge >= 0.3 is 11.9 Å². The Balaban J connectivity index is 3.10. The number of carbonyl (C=O) groups is 5. The summed E-state index contributed by atoms with van der Waals surface area (Å²) < 4.78 is 0. The van der Waals surface area contributed by atoms with E-state index in [2.05, 4.69) is 16.0 Å². The summed E-state index contributed by atoms with van der Waals surface area (Å²) in [6.45, 7) is 2.97. The van der Waals surface area contributed by atoms with Gasteiger partial charge in [-0.2, -0.15) is 0 Å². The Morgan fingerprint density at radius 1 is 0.906 bits per heavy atom. The van der Waals surface area contributed by atoms with E-state index in [4.69, 9.17) is 10.2 Å². The summed E-state index contributed by atoms with van der Waals surface area (Å²) in [7, 11) is 0. The lowest BCUT2D eigenvalue weighted by Gasteiger charge is -2.26. The SMILES string of the molecule is CCCC(=O)NC(C(=O)NC(CCC(=O)O)C(=O)NC(C)C(=O)O)C(O)c1ccccc1. The number of carbonyl (C=O) groups excluding carboxylic acids is 3. The van der Waals surface area contributed by atoms with E-state index in [-0.39, 0.29) is 12.8 Å². The fourth-order valence-corrected chi connectivity index (χ4v) is 2.78. The highest BCUT2D eigenvalue weighted by Gasteiger charge is 2.33. The molecule has 4 atom stereocenters. The highest BCUT2D eigenvalue weighted by atomic mass is 16.4. The van der Waals surface area contributed by atoms with Crippen LogP contribution in [-0.2, 0) is 24.0 Å². The van der Waals surface area contributed by atoms with Crippen LogP contribution in [0.5, 0.6) is 0 Å². The number of nitrogens with one attached hydrogen (secondary N) is 3. The maximum atomic E-state index is 12.9. The standard InChI is InChI=1S/C21H29N3O8/c1-3-7-15(25)24-17(18(28)13-8-5-4-6-9-13)20(30)23-14(10-11-16(26)27)19(29)22-12(2)21(31)32/h4-6,8-9,12,14,17-18,28H,3,7,10-11H2,1-2H3,(H,22,29)(H,23,30)(H,24,25)(H,26,27)(H,31,32). The fraction of sp³-hybridized carbons (Fsp3) is 0.476. The molecule has 0 radical (unpaired) electrons. The molecule has 11 nitrogen and oxygen atoms in total. The van der Waals surface area contributed by atoms with Crippen molar-refractivity contribution < 1.29 is 39.3 Å². The highest BCUT2D eigenvalue weighted by molar-refractivity contribution is 5.94. The molecule has 0 aliphatic heterocycles. The molecule has 0 heterocycles. The van der Waals surface area contributed by atoms with Crippen molar-refractivity contribution in [2.45, 2.75) is 63.8 Å². The molecule has 0 spiro atoms. The van der Waals surface area contributed by atoms with Gasteiger partial charge in [0.05, 0.1) is 0 Å². The third kappa shape index (κ3) is 8.72. The lowest BCUT2D eigenvalue weighted by Crippen LogP contribution is -2.56. The Kier molecular flexibility index (Phi) is 10.8. The summed E-state index contributed by atoms with van der Waals surface area (Å²) in [6.07, 6.45) is -1.65. The average Bonchev–Trinajstić information content (AvgIpc) is 2.74. The molecule has 4 unspecified atom stereocenters. The van der Waals surface area contributed by atoms with Crippen LogP contribution in [0.15, 0.2) is 30.3 Å². The van der Waals surface area contributed by atoms with Gasteiger partial charge in [-0.25, -0.2) is 0 Å². The van der Waals surface area contributed by atoms with Crippen molar-refractivity contribution in [3.63, 3.8) is 0 Å². The van der Waals surface area contributed by atoms with Crippen molar-refractivity contribution in [1.82, 2.24) is 16.0 Å². The van der Waals surface area contributed by atoms with Gasteiger partial charge in [0, 0.05) is 12.8 Å². The molecule has 0 saturated carbocycles. The Labute approximate surface area is 185 Å². The van der Waals surface area contributed by atoms with Crippen LogP contribution in [0, 0.1) is 0 Å². The number of benzene rings is 1. The predicted molar refractivity (Wildman–Crippen MR) is 112 cm³/mol. The summed E-state index contributed by atoms with van der Waals surface area (Å²) in [4.78, 5) is 59.5. The van der Waals surface area contributed by atoms with Crippen molar-refractivity contribution in [1.29, 1.82) is 0 Å². The van der Waals surface area contributed by atoms with E-state index in [1.807, 2.05) is 0 Å². The molecule has 1 aromatic rings. The van der Waals surface area contributed by atoms with Crippen LogP contribution in [0.25, 0.3) is 0 Å². The van der Waals surface area contributed by atoms with E-state index in [9.17, 15) is 29.1 Å². The average molecular weight is 451 g/mol. The third-order valence-corrected chi connectivity index (χ3v) is 4.54. The molecule has 0 aliphatic carbocycles. The maximum Gasteiger partial charge on any atom is 0.325 e. The zero-order valence-corrected chi connectivity index (χ0v) is 17.9. The van der Waals surface area contributed by atoms with Crippen LogP contribution < -0.4 is 16.0 Å². The number of aliphatic carboxylic acids is 2. The number of carboxylic acids is 2. The number of hydrogen-bond donors (Lipinski definition) is 6. The summed E-state index contributed by atoms with van der Waals surface area (Å²) in [5.74, 6) is -4.85. The smallest absolute Gasteiger partial charge is 0.325 e. The molecule has 11 heteroatoms. The minimum atomic E-state index is -1.46. The monoisotopic (exact) mass is 451 g/mol. The molecule has 1 aromatic carbocycles.